The molecule has 0 heterocycles. The molecule has 2 amide bonds. The number of hydrogen-bond acceptors (Lipinski definition) is 5. The van der Waals surface area contributed by atoms with Gasteiger partial charge in [0.2, 0.25) is 15.7 Å². The summed E-state index contributed by atoms with van der Waals surface area (Å²) in [4.78, 5) is 25.2. The highest BCUT2D eigenvalue weighted by molar-refractivity contribution is 7.91. The SMILES string of the molecule is CCC(C)NC(=O)c1ccccc1NC(=O)CNc1ccc(C)cc1S(=O)(=O)c1ccc(F)cc1. The minimum Gasteiger partial charge on any atom is -0.375 e. The number of nitrogens with one attached hydrogen (secondary N) is 3. The standard InChI is InChI=1S/C26H28FN3O4S/c1-4-18(3)29-26(32)21-7-5-6-8-22(21)30-25(31)16-28-23-14-9-17(2)15-24(23)35(33,34)20-12-10-19(27)11-13-20/h5-15,18,28H,4,16H2,1-3H3,(H,29,32)(H,30,31). The number of para-hydroxylation sites is 1. The molecule has 3 aromatic carbocycles. The molecule has 7 nitrogen and oxygen atoms in total. The molecule has 1 atom stereocenters. The van der Waals surface area contributed by atoms with Crippen LogP contribution in [-0.4, -0.2) is 32.8 Å². The number of anilines is 2. The predicted molar refractivity (Wildman–Crippen MR) is 134 cm³/mol. The van der Waals surface area contributed by atoms with Crippen LogP contribution < -0.4 is 16.0 Å². The van der Waals surface area contributed by atoms with Gasteiger partial charge in [0.25, 0.3) is 5.91 Å². The normalized spacial score (nSPS) is 12.0. The van der Waals surface area contributed by atoms with Crippen LogP contribution in [0.2, 0.25) is 0 Å². The summed E-state index contributed by atoms with van der Waals surface area (Å²) in [6.45, 7) is 5.36. The van der Waals surface area contributed by atoms with Crippen molar-refractivity contribution in [1.29, 1.82) is 0 Å². The van der Waals surface area contributed by atoms with E-state index in [1.807, 2.05) is 13.8 Å². The van der Waals surface area contributed by atoms with E-state index in [4.69, 9.17) is 0 Å². The van der Waals surface area contributed by atoms with Gasteiger partial charge in [-0.05, 0) is 74.4 Å². The molecule has 0 saturated heterocycles. The van der Waals surface area contributed by atoms with Crippen molar-refractivity contribution in [3.63, 3.8) is 0 Å². The molecule has 0 aromatic heterocycles. The Morgan fingerprint density at radius 2 is 1.66 bits per heavy atom. The van der Waals surface area contributed by atoms with E-state index in [9.17, 15) is 22.4 Å². The maximum atomic E-state index is 13.3. The van der Waals surface area contributed by atoms with E-state index in [1.54, 1.807) is 43.3 Å². The van der Waals surface area contributed by atoms with E-state index in [-0.39, 0.29) is 34.0 Å². The number of carbonyl (C=O) groups excluding carboxylic acids is 2. The summed E-state index contributed by atoms with van der Waals surface area (Å²) in [5, 5.41) is 8.45. The summed E-state index contributed by atoms with van der Waals surface area (Å²) in [7, 11) is -3.96. The zero-order chi connectivity index (χ0) is 25.6. The highest BCUT2D eigenvalue weighted by atomic mass is 32.2. The number of rotatable bonds is 9. The Balaban J connectivity index is 1.78. The highest BCUT2D eigenvalue weighted by Gasteiger charge is 2.22. The van der Waals surface area contributed by atoms with E-state index in [1.165, 1.54) is 18.2 Å². The maximum absolute atomic E-state index is 13.3. The molecular formula is C26H28FN3O4S. The molecule has 9 heteroatoms. The van der Waals surface area contributed by atoms with Crippen LogP contribution in [-0.2, 0) is 14.6 Å². The predicted octanol–water partition coefficient (Wildman–Crippen LogP) is 4.55. The van der Waals surface area contributed by atoms with Gasteiger partial charge < -0.3 is 16.0 Å². The smallest absolute Gasteiger partial charge is 0.253 e. The highest BCUT2D eigenvalue weighted by Crippen LogP contribution is 2.29. The van der Waals surface area contributed by atoms with Crippen LogP contribution in [0.15, 0.2) is 76.5 Å². The van der Waals surface area contributed by atoms with E-state index in [2.05, 4.69) is 16.0 Å². The van der Waals surface area contributed by atoms with Crippen LogP contribution in [0.5, 0.6) is 0 Å². The summed E-state index contributed by atoms with van der Waals surface area (Å²) >= 11 is 0. The molecular weight excluding hydrogens is 469 g/mol. The van der Waals surface area contributed by atoms with Crippen LogP contribution in [0.1, 0.15) is 36.2 Å². The molecule has 0 aliphatic heterocycles. The topological polar surface area (TPSA) is 104 Å². The van der Waals surface area contributed by atoms with E-state index < -0.39 is 21.6 Å². The van der Waals surface area contributed by atoms with Crippen molar-refractivity contribution in [2.75, 3.05) is 17.2 Å². The van der Waals surface area contributed by atoms with Crippen molar-refractivity contribution < 1.29 is 22.4 Å². The fourth-order valence-corrected chi connectivity index (χ4v) is 4.82. The lowest BCUT2D eigenvalue weighted by Crippen LogP contribution is -2.33. The molecule has 1 unspecified atom stereocenters. The third kappa shape index (κ3) is 6.45. The fraction of sp³-hybridized carbons (Fsp3) is 0.231. The monoisotopic (exact) mass is 497 g/mol. The second-order valence-electron chi connectivity index (χ2n) is 8.19. The molecule has 3 aromatic rings. The third-order valence-electron chi connectivity index (χ3n) is 5.43. The second-order valence-corrected chi connectivity index (χ2v) is 10.1. The molecule has 3 rings (SSSR count). The van der Waals surface area contributed by atoms with E-state index in [0.29, 0.717) is 16.8 Å². The fourth-order valence-electron chi connectivity index (χ4n) is 3.30. The third-order valence-corrected chi connectivity index (χ3v) is 7.24. The van der Waals surface area contributed by atoms with Crippen molar-refractivity contribution in [2.45, 2.75) is 43.0 Å². The molecule has 0 saturated carbocycles. The van der Waals surface area contributed by atoms with Crippen molar-refractivity contribution >= 4 is 33.0 Å². The average Bonchev–Trinajstić information content (AvgIpc) is 2.83. The molecule has 0 aliphatic rings. The number of aryl methyl sites for hydroxylation is 1. The molecule has 3 N–H and O–H groups in total. The van der Waals surface area contributed by atoms with Crippen LogP contribution in [0.4, 0.5) is 15.8 Å². The Hall–Kier alpha value is -3.72. The molecule has 35 heavy (non-hydrogen) atoms. The first kappa shape index (κ1) is 25.9. The number of amides is 2. The van der Waals surface area contributed by atoms with Crippen LogP contribution in [0, 0.1) is 12.7 Å². The Kier molecular flexibility index (Phi) is 8.24. The van der Waals surface area contributed by atoms with Crippen molar-refractivity contribution in [1.82, 2.24) is 5.32 Å². The first-order chi connectivity index (χ1) is 16.6. The lowest BCUT2D eigenvalue weighted by molar-refractivity contribution is -0.114. The summed E-state index contributed by atoms with van der Waals surface area (Å²) in [5.41, 5.74) is 1.62. The van der Waals surface area contributed by atoms with Crippen molar-refractivity contribution in [2.24, 2.45) is 0 Å². The van der Waals surface area contributed by atoms with Gasteiger partial charge in [-0.25, -0.2) is 12.8 Å². The van der Waals surface area contributed by atoms with Gasteiger partial charge in [0.1, 0.15) is 5.82 Å². The van der Waals surface area contributed by atoms with Crippen LogP contribution in [0.25, 0.3) is 0 Å². The molecule has 184 valence electrons. The zero-order valence-corrected chi connectivity index (χ0v) is 20.6. The number of benzene rings is 3. The van der Waals surface area contributed by atoms with Gasteiger partial charge in [-0.1, -0.05) is 25.1 Å². The molecule has 0 spiro atoms. The Labute approximate surface area is 204 Å². The van der Waals surface area contributed by atoms with Gasteiger partial charge in [0.05, 0.1) is 33.3 Å². The van der Waals surface area contributed by atoms with Gasteiger partial charge in [0, 0.05) is 6.04 Å². The summed E-state index contributed by atoms with van der Waals surface area (Å²) in [5.74, 6) is -1.30. The van der Waals surface area contributed by atoms with Gasteiger partial charge in [0.15, 0.2) is 0 Å². The Morgan fingerprint density at radius 3 is 2.34 bits per heavy atom. The van der Waals surface area contributed by atoms with Gasteiger partial charge in [-0.2, -0.15) is 0 Å². The zero-order valence-electron chi connectivity index (χ0n) is 19.8. The molecule has 0 aliphatic carbocycles. The van der Waals surface area contributed by atoms with Crippen molar-refractivity contribution in [3.05, 3.63) is 83.7 Å². The lowest BCUT2D eigenvalue weighted by Gasteiger charge is -2.16. The average molecular weight is 498 g/mol. The number of sulfone groups is 1. The molecule has 0 fully saturated rings. The van der Waals surface area contributed by atoms with Crippen molar-refractivity contribution in [3.8, 4) is 0 Å². The van der Waals surface area contributed by atoms with Gasteiger partial charge in [-0.3, -0.25) is 9.59 Å². The second kappa shape index (κ2) is 11.1. The quantitative estimate of drug-likeness (QED) is 0.377. The van der Waals surface area contributed by atoms with E-state index >= 15 is 0 Å². The Bertz CT molecular complexity index is 1320. The molecule has 0 radical (unpaired) electrons. The largest absolute Gasteiger partial charge is 0.375 e. The minimum atomic E-state index is -3.96. The van der Waals surface area contributed by atoms with Gasteiger partial charge >= 0.3 is 0 Å². The van der Waals surface area contributed by atoms with Gasteiger partial charge in [-0.15, -0.1) is 0 Å². The first-order valence-corrected chi connectivity index (χ1v) is 12.6. The number of carbonyl (C=O) groups is 2. The summed E-state index contributed by atoms with van der Waals surface area (Å²) < 4.78 is 39.6. The summed E-state index contributed by atoms with van der Waals surface area (Å²) in [6.07, 6.45) is 0.768. The molecule has 0 bridgehead atoms. The van der Waals surface area contributed by atoms with E-state index in [0.717, 1.165) is 18.6 Å². The lowest BCUT2D eigenvalue weighted by atomic mass is 10.1. The summed E-state index contributed by atoms with van der Waals surface area (Å²) in [6, 6.07) is 16.0. The minimum absolute atomic E-state index is 0.0176. The first-order valence-electron chi connectivity index (χ1n) is 11.2. The maximum Gasteiger partial charge on any atom is 0.253 e. The number of hydrogen-bond donors (Lipinski definition) is 3. The van der Waals surface area contributed by atoms with Crippen LogP contribution in [0.3, 0.4) is 0 Å². The number of halogens is 1. The Morgan fingerprint density at radius 1 is 0.971 bits per heavy atom. The van der Waals surface area contributed by atoms with Crippen LogP contribution >= 0.6 is 0 Å².